The molecule has 0 spiro atoms. The third-order valence-corrected chi connectivity index (χ3v) is 2.49. The van der Waals surface area contributed by atoms with Crippen molar-refractivity contribution in [3.8, 4) is 5.75 Å². The van der Waals surface area contributed by atoms with Gasteiger partial charge in [-0.2, -0.15) is 13.2 Å². The molecule has 2 N–H and O–H groups in total. The van der Waals surface area contributed by atoms with Crippen molar-refractivity contribution in [3.05, 3.63) is 29.3 Å². The van der Waals surface area contributed by atoms with Crippen LogP contribution in [0.25, 0.3) is 0 Å². The molecule has 0 aliphatic rings. The summed E-state index contributed by atoms with van der Waals surface area (Å²) in [7, 11) is 0. The van der Waals surface area contributed by atoms with Crippen LogP contribution in [-0.2, 0) is 12.7 Å². The van der Waals surface area contributed by atoms with E-state index in [1.54, 1.807) is 13.0 Å². The maximum atomic E-state index is 12.8. The largest absolute Gasteiger partial charge is 0.490 e. The average Bonchev–Trinajstić information content (AvgIpc) is 2.28. The maximum Gasteiger partial charge on any atom is 0.419 e. The quantitative estimate of drug-likeness (QED) is 0.885. The predicted octanol–water partition coefficient (Wildman–Crippen LogP) is 3.34. The van der Waals surface area contributed by atoms with Crippen LogP contribution < -0.4 is 10.5 Å². The highest BCUT2D eigenvalue weighted by molar-refractivity contribution is 5.39. The predicted molar refractivity (Wildman–Crippen MR) is 59.7 cm³/mol. The van der Waals surface area contributed by atoms with E-state index in [-0.39, 0.29) is 18.4 Å². The zero-order valence-electron chi connectivity index (χ0n) is 9.84. The minimum atomic E-state index is -4.42. The molecule has 1 rings (SSSR count). The zero-order chi connectivity index (χ0) is 13.1. The van der Waals surface area contributed by atoms with Gasteiger partial charge >= 0.3 is 6.18 Å². The summed E-state index contributed by atoms with van der Waals surface area (Å²) in [5.41, 5.74) is 5.01. The number of ether oxygens (including phenoxy) is 1. The molecule has 1 aromatic rings. The lowest BCUT2D eigenvalue weighted by Crippen LogP contribution is -2.15. The smallest absolute Gasteiger partial charge is 0.419 e. The molecule has 0 saturated carbocycles. The summed E-state index contributed by atoms with van der Waals surface area (Å²) in [6.45, 7) is 3.66. The maximum absolute atomic E-state index is 12.8. The van der Waals surface area contributed by atoms with Crippen LogP contribution >= 0.6 is 0 Å². The number of hydrogen-bond acceptors (Lipinski definition) is 2. The van der Waals surface area contributed by atoms with Crippen molar-refractivity contribution in [1.29, 1.82) is 0 Å². The Morgan fingerprint density at radius 1 is 1.35 bits per heavy atom. The Morgan fingerprint density at radius 2 is 2.00 bits per heavy atom. The van der Waals surface area contributed by atoms with E-state index in [1.807, 2.05) is 6.92 Å². The van der Waals surface area contributed by atoms with Crippen LogP contribution in [0.15, 0.2) is 18.2 Å². The fourth-order valence-corrected chi connectivity index (χ4v) is 1.33. The van der Waals surface area contributed by atoms with Crippen molar-refractivity contribution in [2.45, 2.75) is 39.1 Å². The van der Waals surface area contributed by atoms with Gasteiger partial charge < -0.3 is 10.5 Å². The molecule has 0 heterocycles. The summed E-state index contributed by atoms with van der Waals surface area (Å²) in [6, 6.07) is 3.92. The second-order valence-corrected chi connectivity index (χ2v) is 3.87. The van der Waals surface area contributed by atoms with Crippen molar-refractivity contribution < 1.29 is 17.9 Å². The highest BCUT2D eigenvalue weighted by atomic mass is 19.4. The van der Waals surface area contributed by atoms with Gasteiger partial charge in [-0.3, -0.25) is 0 Å². The highest BCUT2D eigenvalue weighted by Gasteiger charge is 2.34. The molecule has 0 aliphatic carbocycles. The summed E-state index contributed by atoms with van der Waals surface area (Å²) in [6.07, 6.45) is -4.02. The molecule has 0 bridgehead atoms. The van der Waals surface area contributed by atoms with Gasteiger partial charge in [-0.25, -0.2) is 0 Å². The Hall–Kier alpha value is -1.23. The van der Waals surface area contributed by atoms with E-state index in [0.717, 1.165) is 6.07 Å². The molecule has 0 aromatic heterocycles. The Balaban J connectivity index is 3.11. The molecule has 17 heavy (non-hydrogen) atoms. The minimum Gasteiger partial charge on any atom is -0.490 e. The normalized spacial score (nSPS) is 13.5. The Kier molecular flexibility index (Phi) is 4.40. The summed E-state index contributed by atoms with van der Waals surface area (Å²) in [5.74, 6) is -0.135. The summed E-state index contributed by atoms with van der Waals surface area (Å²) in [5, 5.41) is 0. The standard InChI is InChI=1S/C12H16F3NO/c1-3-8(2)17-11-5-4-9(7-16)6-10(11)12(13,14)15/h4-6,8H,3,7,16H2,1-2H3. The van der Waals surface area contributed by atoms with Crippen molar-refractivity contribution in [3.63, 3.8) is 0 Å². The molecule has 0 fully saturated rings. The number of rotatable bonds is 4. The van der Waals surface area contributed by atoms with Gasteiger partial charge in [-0.15, -0.1) is 0 Å². The van der Waals surface area contributed by atoms with Crippen LogP contribution in [0.3, 0.4) is 0 Å². The van der Waals surface area contributed by atoms with E-state index in [1.165, 1.54) is 6.07 Å². The fraction of sp³-hybridized carbons (Fsp3) is 0.500. The van der Waals surface area contributed by atoms with Gasteiger partial charge in [-0.05, 0) is 31.0 Å². The van der Waals surface area contributed by atoms with Crippen molar-refractivity contribution >= 4 is 0 Å². The van der Waals surface area contributed by atoms with Gasteiger partial charge in [-0.1, -0.05) is 13.0 Å². The molecule has 1 aromatic carbocycles. The number of benzene rings is 1. The first-order valence-electron chi connectivity index (χ1n) is 5.45. The Labute approximate surface area is 98.6 Å². The average molecular weight is 247 g/mol. The van der Waals surface area contributed by atoms with Crippen molar-refractivity contribution in [1.82, 2.24) is 0 Å². The summed E-state index contributed by atoms with van der Waals surface area (Å²) < 4.78 is 43.7. The van der Waals surface area contributed by atoms with E-state index >= 15 is 0 Å². The number of halogens is 3. The lowest BCUT2D eigenvalue weighted by molar-refractivity contribution is -0.139. The van der Waals surface area contributed by atoms with E-state index in [4.69, 9.17) is 10.5 Å². The Morgan fingerprint density at radius 3 is 2.47 bits per heavy atom. The third-order valence-electron chi connectivity index (χ3n) is 2.49. The molecule has 0 saturated heterocycles. The van der Waals surface area contributed by atoms with Gasteiger partial charge in [0, 0.05) is 6.54 Å². The number of hydrogen-bond donors (Lipinski definition) is 1. The molecule has 1 atom stereocenters. The Bertz CT molecular complexity index is 377. The van der Waals surface area contributed by atoms with Gasteiger partial charge in [0.2, 0.25) is 0 Å². The topological polar surface area (TPSA) is 35.2 Å². The molecular formula is C12H16F3NO. The second kappa shape index (κ2) is 5.40. The molecule has 0 radical (unpaired) electrons. The van der Waals surface area contributed by atoms with Crippen LogP contribution in [0.4, 0.5) is 13.2 Å². The summed E-state index contributed by atoms with van der Waals surface area (Å²) >= 11 is 0. The van der Waals surface area contributed by atoms with Crippen LogP contribution in [-0.4, -0.2) is 6.10 Å². The lowest BCUT2D eigenvalue weighted by atomic mass is 10.1. The van der Waals surface area contributed by atoms with E-state index < -0.39 is 11.7 Å². The summed E-state index contributed by atoms with van der Waals surface area (Å²) in [4.78, 5) is 0. The van der Waals surface area contributed by atoms with Crippen LogP contribution in [0.1, 0.15) is 31.4 Å². The second-order valence-electron chi connectivity index (χ2n) is 3.87. The zero-order valence-corrected chi connectivity index (χ0v) is 9.84. The fourth-order valence-electron chi connectivity index (χ4n) is 1.33. The first kappa shape index (κ1) is 13.8. The van der Waals surface area contributed by atoms with Gasteiger partial charge in [0.1, 0.15) is 5.75 Å². The first-order valence-corrected chi connectivity index (χ1v) is 5.45. The number of nitrogens with two attached hydrogens (primary N) is 1. The first-order chi connectivity index (χ1) is 7.88. The molecule has 2 nitrogen and oxygen atoms in total. The van der Waals surface area contributed by atoms with Crippen LogP contribution in [0.5, 0.6) is 5.75 Å². The van der Waals surface area contributed by atoms with E-state index in [2.05, 4.69) is 0 Å². The highest BCUT2D eigenvalue weighted by Crippen LogP contribution is 2.37. The number of alkyl halides is 3. The van der Waals surface area contributed by atoms with Crippen LogP contribution in [0, 0.1) is 0 Å². The molecule has 1 unspecified atom stereocenters. The molecule has 0 amide bonds. The van der Waals surface area contributed by atoms with Crippen molar-refractivity contribution in [2.24, 2.45) is 5.73 Å². The third kappa shape index (κ3) is 3.63. The van der Waals surface area contributed by atoms with Gasteiger partial charge in [0.25, 0.3) is 0 Å². The molecule has 0 aliphatic heterocycles. The minimum absolute atomic E-state index is 0.0761. The van der Waals surface area contributed by atoms with Gasteiger partial charge in [0.15, 0.2) is 0 Å². The molecular weight excluding hydrogens is 231 g/mol. The van der Waals surface area contributed by atoms with Crippen LogP contribution in [0.2, 0.25) is 0 Å². The van der Waals surface area contributed by atoms with Crippen molar-refractivity contribution in [2.75, 3.05) is 0 Å². The van der Waals surface area contributed by atoms with E-state index in [9.17, 15) is 13.2 Å². The monoisotopic (exact) mass is 247 g/mol. The van der Waals surface area contributed by atoms with E-state index in [0.29, 0.717) is 12.0 Å². The SMILES string of the molecule is CCC(C)Oc1ccc(CN)cc1C(F)(F)F. The molecule has 5 heteroatoms. The molecule has 96 valence electrons. The van der Waals surface area contributed by atoms with Gasteiger partial charge in [0.05, 0.1) is 11.7 Å². The lowest BCUT2D eigenvalue weighted by Gasteiger charge is -2.18.